The quantitative estimate of drug-likeness (QED) is 0.478. The Hall–Kier alpha value is -3.58. The average molecular weight is 422 g/mol. The summed E-state index contributed by atoms with van der Waals surface area (Å²) in [4.78, 5) is 25.5. The van der Waals surface area contributed by atoms with Crippen LogP contribution in [0.15, 0.2) is 71.8 Å². The molecule has 4 rings (SSSR count). The molecule has 2 atom stereocenters. The van der Waals surface area contributed by atoms with Crippen molar-refractivity contribution in [1.82, 2.24) is 0 Å². The maximum absolute atomic E-state index is 12.8. The van der Waals surface area contributed by atoms with Gasteiger partial charge in [0.1, 0.15) is 36.9 Å². The number of ether oxygens (including phenoxy) is 5. The van der Waals surface area contributed by atoms with E-state index in [0.717, 1.165) is 11.1 Å². The zero-order chi connectivity index (χ0) is 21.8. The zero-order valence-electron chi connectivity index (χ0n) is 17.2. The number of esters is 2. The van der Waals surface area contributed by atoms with Gasteiger partial charge in [0.15, 0.2) is 0 Å². The fourth-order valence-corrected chi connectivity index (χ4v) is 3.43. The molecule has 0 N–H and O–H groups in total. The third kappa shape index (κ3) is 4.46. The molecule has 160 valence electrons. The Morgan fingerprint density at radius 2 is 1.10 bits per heavy atom. The molecule has 31 heavy (non-hydrogen) atoms. The molecule has 2 aromatic rings. The summed E-state index contributed by atoms with van der Waals surface area (Å²) in [5.41, 5.74) is 2.00. The van der Waals surface area contributed by atoms with E-state index in [1.807, 2.05) is 24.3 Å². The van der Waals surface area contributed by atoms with Crippen LogP contribution in [0.3, 0.4) is 0 Å². The van der Waals surface area contributed by atoms with Crippen molar-refractivity contribution >= 4 is 11.9 Å². The van der Waals surface area contributed by atoms with E-state index in [-0.39, 0.29) is 24.4 Å². The molecule has 7 heteroatoms. The molecule has 0 saturated carbocycles. The highest BCUT2D eigenvalue weighted by Gasteiger charge is 2.44. The molecule has 2 unspecified atom stereocenters. The minimum Gasteiger partial charge on any atom is -0.497 e. The van der Waals surface area contributed by atoms with Gasteiger partial charge in [-0.2, -0.15) is 0 Å². The van der Waals surface area contributed by atoms with Crippen molar-refractivity contribution in [2.75, 3.05) is 14.2 Å². The van der Waals surface area contributed by atoms with Crippen molar-refractivity contribution in [3.05, 3.63) is 83.0 Å². The molecule has 7 nitrogen and oxygen atoms in total. The smallest absolute Gasteiger partial charge is 0.338 e. The highest BCUT2D eigenvalue weighted by atomic mass is 16.6. The monoisotopic (exact) mass is 422 g/mol. The third-order valence-electron chi connectivity index (χ3n) is 5.11. The van der Waals surface area contributed by atoms with Crippen molar-refractivity contribution in [2.45, 2.75) is 25.4 Å². The number of carbonyl (C=O) groups is 2. The lowest BCUT2D eigenvalue weighted by molar-refractivity contribution is -0.143. The van der Waals surface area contributed by atoms with Gasteiger partial charge in [-0.05, 0) is 35.4 Å². The lowest BCUT2D eigenvalue weighted by Crippen LogP contribution is -2.22. The Morgan fingerprint density at radius 1 is 0.710 bits per heavy atom. The summed E-state index contributed by atoms with van der Waals surface area (Å²) in [5, 5.41) is 0. The van der Waals surface area contributed by atoms with Crippen molar-refractivity contribution in [3.63, 3.8) is 0 Å². The average Bonchev–Trinajstić information content (AvgIpc) is 3.43. The van der Waals surface area contributed by atoms with Gasteiger partial charge in [0, 0.05) is 0 Å². The van der Waals surface area contributed by atoms with Crippen LogP contribution in [0.2, 0.25) is 0 Å². The molecular formula is C24H22O7. The fraction of sp³-hybridized carbons (Fsp3) is 0.250. The van der Waals surface area contributed by atoms with Crippen LogP contribution >= 0.6 is 0 Å². The van der Waals surface area contributed by atoms with Gasteiger partial charge in [-0.1, -0.05) is 36.4 Å². The molecule has 0 amide bonds. The molecule has 2 bridgehead atoms. The van der Waals surface area contributed by atoms with E-state index < -0.39 is 24.1 Å². The van der Waals surface area contributed by atoms with E-state index in [1.54, 1.807) is 50.6 Å². The van der Waals surface area contributed by atoms with E-state index >= 15 is 0 Å². The third-order valence-corrected chi connectivity index (χ3v) is 5.11. The summed E-state index contributed by atoms with van der Waals surface area (Å²) in [7, 11) is 3.17. The summed E-state index contributed by atoms with van der Waals surface area (Å²) in [6.07, 6.45) is 2.29. The van der Waals surface area contributed by atoms with Gasteiger partial charge in [0.05, 0.1) is 25.4 Å². The number of hydrogen-bond acceptors (Lipinski definition) is 7. The zero-order valence-corrected chi connectivity index (χ0v) is 17.2. The van der Waals surface area contributed by atoms with Crippen molar-refractivity contribution in [3.8, 4) is 11.5 Å². The Balaban J connectivity index is 1.42. The molecule has 2 aromatic carbocycles. The van der Waals surface area contributed by atoms with Crippen LogP contribution < -0.4 is 9.47 Å². The summed E-state index contributed by atoms with van der Waals surface area (Å²) < 4.78 is 26.8. The van der Waals surface area contributed by atoms with E-state index in [0.29, 0.717) is 11.5 Å². The highest BCUT2D eigenvalue weighted by molar-refractivity contribution is 6.04. The van der Waals surface area contributed by atoms with Crippen molar-refractivity contribution in [1.29, 1.82) is 0 Å². The predicted octanol–water partition coefficient (Wildman–Crippen LogP) is 3.12. The van der Waals surface area contributed by atoms with Crippen LogP contribution in [-0.4, -0.2) is 38.4 Å². The van der Waals surface area contributed by atoms with E-state index in [2.05, 4.69) is 0 Å². The van der Waals surface area contributed by atoms with Crippen LogP contribution in [0, 0.1) is 0 Å². The first-order chi connectivity index (χ1) is 15.1. The first-order valence-electron chi connectivity index (χ1n) is 9.77. The Bertz CT molecular complexity index is 937. The second kappa shape index (κ2) is 9.06. The topological polar surface area (TPSA) is 80.3 Å². The number of methoxy groups -OCH3 is 2. The van der Waals surface area contributed by atoms with Gasteiger partial charge in [0.25, 0.3) is 0 Å². The molecule has 2 heterocycles. The van der Waals surface area contributed by atoms with Crippen LogP contribution in [0.4, 0.5) is 0 Å². The summed E-state index contributed by atoms with van der Waals surface area (Å²) in [6.45, 7) is 0.142. The summed E-state index contributed by atoms with van der Waals surface area (Å²) in [5.74, 6) is 0.241. The number of hydrogen-bond donors (Lipinski definition) is 0. The Morgan fingerprint density at radius 3 is 1.45 bits per heavy atom. The van der Waals surface area contributed by atoms with Gasteiger partial charge in [-0.25, -0.2) is 9.59 Å². The molecule has 0 fully saturated rings. The van der Waals surface area contributed by atoms with Crippen LogP contribution in [0.1, 0.15) is 11.1 Å². The lowest BCUT2D eigenvalue weighted by Gasteiger charge is -2.13. The van der Waals surface area contributed by atoms with Gasteiger partial charge < -0.3 is 23.7 Å². The summed E-state index contributed by atoms with van der Waals surface area (Å²) in [6, 6.07) is 14.4. The number of rotatable bonds is 8. The van der Waals surface area contributed by atoms with Gasteiger partial charge in [-0.3, -0.25) is 0 Å². The first-order valence-corrected chi connectivity index (χ1v) is 9.77. The van der Waals surface area contributed by atoms with Crippen LogP contribution in [0.5, 0.6) is 11.5 Å². The summed E-state index contributed by atoms with van der Waals surface area (Å²) >= 11 is 0. The number of benzene rings is 2. The Kier molecular flexibility index (Phi) is 6.04. The highest BCUT2D eigenvalue weighted by Crippen LogP contribution is 2.36. The molecular weight excluding hydrogens is 400 g/mol. The second-order valence-corrected chi connectivity index (χ2v) is 7.04. The van der Waals surface area contributed by atoms with E-state index in [9.17, 15) is 9.59 Å². The molecule has 0 aromatic heterocycles. The van der Waals surface area contributed by atoms with Crippen molar-refractivity contribution in [2.24, 2.45) is 0 Å². The Labute approximate surface area is 179 Å². The molecule has 2 aliphatic rings. The fourth-order valence-electron chi connectivity index (χ4n) is 3.43. The predicted molar refractivity (Wildman–Crippen MR) is 110 cm³/mol. The van der Waals surface area contributed by atoms with E-state index in [4.69, 9.17) is 23.7 Å². The number of fused-ring (bicyclic) bond motifs is 2. The van der Waals surface area contributed by atoms with Crippen molar-refractivity contribution < 1.29 is 33.3 Å². The normalized spacial score (nSPS) is 18.8. The van der Waals surface area contributed by atoms with Gasteiger partial charge in [0.2, 0.25) is 0 Å². The van der Waals surface area contributed by atoms with Crippen LogP contribution in [-0.2, 0) is 37.0 Å². The van der Waals surface area contributed by atoms with E-state index in [1.165, 1.54) is 0 Å². The molecule has 0 radical (unpaired) electrons. The minimum absolute atomic E-state index is 0.0710. The lowest BCUT2D eigenvalue weighted by atomic mass is 9.97. The first kappa shape index (κ1) is 20.7. The molecule has 0 saturated heterocycles. The maximum Gasteiger partial charge on any atom is 0.338 e. The number of carbonyl (C=O) groups excluding carboxylic acids is 2. The molecule has 0 aliphatic carbocycles. The van der Waals surface area contributed by atoms with Crippen LogP contribution in [0.25, 0.3) is 0 Å². The largest absolute Gasteiger partial charge is 0.497 e. The second-order valence-electron chi connectivity index (χ2n) is 7.04. The minimum atomic E-state index is -0.600. The maximum atomic E-state index is 12.8. The van der Waals surface area contributed by atoms with Gasteiger partial charge >= 0.3 is 11.9 Å². The standard InChI is InChI=1S/C24H22O7/c1-27-17-7-3-15(4-8-17)13-29-23(25)21-19-11-12-20(31-19)22(21)24(26)30-14-16-5-9-18(28-2)10-6-16/h3-12,19-20H,13-14H2,1-2H3. The SMILES string of the molecule is COc1ccc(COC(=O)C2=C(C(=O)OCc3ccc(OC)cc3)C3C=CC2O3)cc1. The molecule has 2 aliphatic heterocycles. The van der Waals surface area contributed by atoms with Gasteiger partial charge in [-0.15, -0.1) is 0 Å². The molecule has 0 spiro atoms.